The summed E-state index contributed by atoms with van der Waals surface area (Å²) in [5.74, 6) is 0.874. The highest BCUT2D eigenvalue weighted by atomic mass is 32.2. The third-order valence-electron chi connectivity index (χ3n) is 4.01. The highest BCUT2D eigenvalue weighted by Crippen LogP contribution is 2.37. The van der Waals surface area contributed by atoms with Crippen molar-refractivity contribution in [2.24, 2.45) is 5.92 Å². The first-order valence-corrected chi connectivity index (χ1v) is 8.24. The number of hydrogen-bond donors (Lipinski definition) is 0. The predicted octanol–water partition coefficient (Wildman–Crippen LogP) is 1.62. The van der Waals surface area contributed by atoms with Crippen molar-refractivity contribution in [2.75, 3.05) is 26.0 Å². The van der Waals surface area contributed by atoms with E-state index in [1.165, 1.54) is 25.7 Å². The Morgan fingerprint density at radius 2 is 2.00 bits per heavy atom. The van der Waals surface area contributed by atoms with E-state index in [0.29, 0.717) is 25.0 Å². The summed E-state index contributed by atoms with van der Waals surface area (Å²) >= 11 is 0. The molecule has 0 N–H and O–H groups in total. The summed E-state index contributed by atoms with van der Waals surface area (Å²) in [4.78, 5) is 0. The fourth-order valence-corrected chi connectivity index (χ4v) is 4.83. The molecule has 1 saturated carbocycles. The smallest absolute Gasteiger partial charge is 0.214 e. The Labute approximate surface area is 104 Å². The van der Waals surface area contributed by atoms with E-state index in [1.807, 2.05) is 0 Å². The molecule has 17 heavy (non-hydrogen) atoms. The van der Waals surface area contributed by atoms with Crippen LogP contribution in [-0.2, 0) is 14.8 Å². The lowest BCUT2D eigenvalue weighted by Crippen LogP contribution is -2.58. The van der Waals surface area contributed by atoms with Gasteiger partial charge in [0.1, 0.15) is 0 Å². The lowest BCUT2D eigenvalue weighted by Gasteiger charge is -2.46. The molecular formula is C12H23NO3S. The Balaban J connectivity index is 1.90. The van der Waals surface area contributed by atoms with Crippen LogP contribution in [0.1, 0.15) is 38.5 Å². The van der Waals surface area contributed by atoms with Crippen LogP contribution in [-0.4, -0.2) is 44.8 Å². The first kappa shape index (κ1) is 13.3. The maximum Gasteiger partial charge on any atom is 0.214 e. The molecule has 4 nitrogen and oxygen atoms in total. The number of hydrogen-bond acceptors (Lipinski definition) is 3. The molecule has 0 radical (unpaired) electrons. The molecule has 1 aliphatic carbocycles. The Hall–Kier alpha value is -0.130. The van der Waals surface area contributed by atoms with Gasteiger partial charge in [0.15, 0.2) is 0 Å². The maximum atomic E-state index is 12.1. The molecule has 2 rings (SSSR count). The Morgan fingerprint density at radius 1 is 1.24 bits per heavy atom. The van der Waals surface area contributed by atoms with Crippen LogP contribution in [0.2, 0.25) is 0 Å². The van der Waals surface area contributed by atoms with E-state index in [0.717, 1.165) is 13.0 Å². The third-order valence-corrected chi connectivity index (χ3v) is 5.95. The van der Waals surface area contributed by atoms with Crippen LogP contribution in [0.3, 0.4) is 0 Å². The summed E-state index contributed by atoms with van der Waals surface area (Å²) in [5.41, 5.74) is 0. The van der Waals surface area contributed by atoms with Crippen molar-refractivity contribution in [1.82, 2.24) is 4.31 Å². The number of sulfonamides is 1. The first-order valence-electron chi connectivity index (χ1n) is 6.63. The second kappa shape index (κ2) is 5.67. The molecule has 0 aromatic carbocycles. The Kier molecular flexibility index (Phi) is 4.44. The van der Waals surface area contributed by atoms with Crippen LogP contribution in [0.5, 0.6) is 0 Å². The second-order valence-corrected chi connectivity index (χ2v) is 7.24. The van der Waals surface area contributed by atoms with Gasteiger partial charge in [-0.3, -0.25) is 0 Å². The van der Waals surface area contributed by atoms with Crippen LogP contribution in [0.4, 0.5) is 0 Å². The summed E-state index contributed by atoms with van der Waals surface area (Å²) < 4.78 is 30.9. The fourth-order valence-electron chi connectivity index (χ4n) is 3.01. The molecule has 1 saturated heterocycles. The highest BCUT2D eigenvalue weighted by Gasteiger charge is 2.44. The van der Waals surface area contributed by atoms with E-state index in [1.54, 1.807) is 11.4 Å². The van der Waals surface area contributed by atoms with Crippen LogP contribution >= 0.6 is 0 Å². The summed E-state index contributed by atoms with van der Waals surface area (Å²) in [6.07, 6.45) is 6.62. The van der Waals surface area contributed by atoms with Crippen molar-refractivity contribution >= 4 is 10.0 Å². The lowest BCUT2D eigenvalue weighted by molar-refractivity contribution is 0.0937. The number of nitrogens with zero attached hydrogens (tertiary/aromatic N) is 1. The molecule has 0 aromatic rings. The van der Waals surface area contributed by atoms with Gasteiger partial charge in [0, 0.05) is 26.3 Å². The van der Waals surface area contributed by atoms with Crippen LogP contribution in [0, 0.1) is 5.92 Å². The maximum absolute atomic E-state index is 12.1. The number of fused-ring (bicyclic) bond motifs is 1. The zero-order valence-electron chi connectivity index (χ0n) is 10.6. The van der Waals surface area contributed by atoms with Gasteiger partial charge < -0.3 is 4.74 Å². The van der Waals surface area contributed by atoms with E-state index in [9.17, 15) is 8.42 Å². The van der Waals surface area contributed by atoms with Crippen LogP contribution in [0.25, 0.3) is 0 Å². The molecule has 1 aliphatic heterocycles. The molecule has 0 aromatic heterocycles. The van der Waals surface area contributed by atoms with Crippen LogP contribution < -0.4 is 0 Å². The van der Waals surface area contributed by atoms with Gasteiger partial charge in [-0.1, -0.05) is 19.3 Å². The Morgan fingerprint density at radius 3 is 2.76 bits per heavy atom. The van der Waals surface area contributed by atoms with Gasteiger partial charge in [0.05, 0.1) is 5.75 Å². The minimum Gasteiger partial charge on any atom is -0.385 e. The van der Waals surface area contributed by atoms with Gasteiger partial charge in [0.2, 0.25) is 10.0 Å². The number of methoxy groups -OCH3 is 1. The minimum atomic E-state index is -3.03. The molecule has 2 fully saturated rings. The Bertz CT molecular complexity index is 342. The molecule has 2 aliphatic rings. The molecule has 0 spiro atoms. The molecule has 0 bridgehead atoms. The molecule has 100 valence electrons. The van der Waals surface area contributed by atoms with Gasteiger partial charge >= 0.3 is 0 Å². The lowest BCUT2D eigenvalue weighted by atomic mass is 9.87. The van der Waals surface area contributed by atoms with E-state index in [4.69, 9.17) is 4.74 Å². The van der Waals surface area contributed by atoms with Crippen molar-refractivity contribution in [3.63, 3.8) is 0 Å². The quantitative estimate of drug-likeness (QED) is 0.706. The molecular weight excluding hydrogens is 238 g/mol. The predicted molar refractivity (Wildman–Crippen MR) is 67.3 cm³/mol. The van der Waals surface area contributed by atoms with E-state index >= 15 is 0 Å². The van der Waals surface area contributed by atoms with Gasteiger partial charge in [-0.15, -0.1) is 0 Å². The van der Waals surface area contributed by atoms with Gasteiger partial charge in [-0.05, 0) is 25.2 Å². The summed E-state index contributed by atoms with van der Waals surface area (Å²) in [5, 5.41) is 0. The van der Waals surface area contributed by atoms with Crippen molar-refractivity contribution in [3.8, 4) is 0 Å². The largest absolute Gasteiger partial charge is 0.385 e. The zero-order valence-corrected chi connectivity index (χ0v) is 11.4. The summed E-state index contributed by atoms with van der Waals surface area (Å²) in [6.45, 7) is 1.29. The van der Waals surface area contributed by atoms with Crippen molar-refractivity contribution in [2.45, 2.75) is 44.6 Å². The first-order chi connectivity index (χ1) is 8.15. The van der Waals surface area contributed by atoms with Crippen molar-refractivity contribution in [1.29, 1.82) is 0 Å². The SMILES string of the molecule is COCCCS(=O)(=O)N1C[C@H]2CCCCC[C@@H]21. The zero-order chi connectivity index (χ0) is 12.3. The summed E-state index contributed by atoms with van der Waals surface area (Å²) in [7, 11) is -1.42. The normalized spacial score (nSPS) is 30.4. The highest BCUT2D eigenvalue weighted by molar-refractivity contribution is 7.89. The molecule has 1 heterocycles. The topological polar surface area (TPSA) is 46.6 Å². The van der Waals surface area contributed by atoms with Crippen LogP contribution in [0.15, 0.2) is 0 Å². The molecule has 5 heteroatoms. The average Bonchev–Trinajstić information content (AvgIpc) is 2.41. The van der Waals surface area contributed by atoms with E-state index < -0.39 is 10.0 Å². The monoisotopic (exact) mass is 261 g/mol. The minimum absolute atomic E-state index is 0.240. The second-order valence-electron chi connectivity index (χ2n) is 5.20. The number of ether oxygens (including phenoxy) is 1. The fraction of sp³-hybridized carbons (Fsp3) is 1.00. The van der Waals surface area contributed by atoms with E-state index in [-0.39, 0.29) is 5.75 Å². The van der Waals surface area contributed by atoms with E-state index in [2.05, 4.69) is 0 Å². The van der Waals surface area contributed by atoms with Crippen molar-refractivity contribution in [3.05, 3.63) is 0 Å². The molecule has 0 amide bonds. The summed E-state index contributed by atoms with van der Waals surface area (Å²) in [6, 6.07) is 0.310. The van der Waals surface area contributed by atoms with Crippen molar-refractivity contribution < 1.29 is 13.2 Å². The van der Waals surface area contributed by atoms with Gasteiger partial charge in [0.25, 0.3) is 0 Å². The third kappa shape index (κ3) is 3.01. The van der Waals surface area contributed by atoms with Gasteiger partial charge in [-0.2, -0.15) is 4.31 Å². The van der Waals surface area contributed by atoms with Gasteiger partial charge in [-0.25, -0.2) is 8.42 Å². The number of rotatable bonds is 5. The standard InChI is InChI=1S/C12H23NO3S/c1-16-8-5-9-17(14,15)13-10-11-6-3-2-4-7-12(11)13/h11-12H,2-10H2,1H3/t11-,12+/m1/s1. The molecule has 2 atom stereocenters. The molecule has 0 unspecified atom stereocenters. The average molecular weight is 261 g/mol.